The number of aliphatic hydroxyl groups excluding tert-OH is 1. The van der Waals surface area contributed by atoms with Crippen LogP contribution in [0.15, 0.2) is 12.1 Å². The zero-order valence-electron chi connectivity index (χ0n) is 10.8. The minimum atomic E-state index is -0.949. The molecule has 18 heavy (non-hydrogen) atoms. The zero-order chi connectivity index (χ0) is 13.7. The van der Waals surface area contributed by atoms with Gasteiger partial charge >= 0.3 is 0 Å². The lowest BCUT2D eigenvalue weighted by molar-refractivity contribution is 0.295. The van der Waals surface area contributed by atoms with Gasteiger partial charge in [-0.2, -0.15) is 0 Å². The zero-order valence-corrected chi connectivity index (χ0v) is 10.8. The molecule has 5 heteroatoms. The van der Waals surface area contributed by atoms with Gasteiger partial charge in [0.25, 0.3) is 0 Å². The SMILES string of the molecule is CCC(CC)N(CCO)c1c(N)ccc(F)c1F. The Kier molecular flexibility index (Phi) is 5.34. The van der Waals surface area contributed by atoms with Crippen molar-refractivity contribution < 1.29 is 13.9 Å². The molecule has 0 aromatic heterocycles. The molecule has 0 unspecified atom stereocenters. The van der Waals surface area contributed by atoms with Crippen LogP contribution in [0.1, 0.15) is 26.7 Å². The summed E-state index contributed by atoms with van der Waals surface area (Å²) in [6.07, 6.45) is 1.54. The molecule has 0 saturated heterocycles. The van der Waals surface area contributed by atoms with Crippen molar-refractivity contribution in [2.45, 2.75) is 32.7 Å². The molecule has 0 atom stereocenters. The lowest BCUT2D eigenvalue weighted by Crippen LogP contribution is -2.38. The molecule has 1 aromatic carbocycles. The van der Waals surface area contributed by atoms with E-state index in [2.05, 4.69) is 0 Å². The summed E-state index contributed by atoms with van der Waals surface area (Å²) in [6, 6.07) is 2.38. The van der Waals surface area contributed by atoms with Crippen LogP contribution in [-0.2, 0) is 0 Å². The van der Waals surface area contributed by atoms with Gasteiger partial charge < -0.3 is 15.7 Å². The number of benzene rings is 1. The second-order valence-corrected chi connectivity index (χ2v) is 4.19. The number of rotatable bonds is 6. The van der Waals surface area contributed by atoms with Crippen molar-refractivity contribution in [2.24, 2.45) is 0 Å². The Morgan fingerprint density at radius 3 is 2.39 bits per heavy atom. The number of nitrogens with zero attached hydrogens (tertiary/aromatic N) is 1. The van der Waals surface area contributed by atoms with Crippen molar-refractivity contribution in [1.82, 2.24) is 0 Å². The molecular weight excluding hydrogens is 238 g/mol. The van der Waals surface area contributed by atoms with Crippen LogP contribution in [0.4, 0.5) is 20.2 Å². The summed E-state index contributed by atoms with van der Waals surface area (Å²) in [7, 11) is 0. The van der Waals surface area contributed by atoms with Gasteiger partial charge in [-0.3, -0.25) is 0 Å². The largest absolute Gasteiger partial charge is 0.397 e. The molecule has 3 nitrogen and oxygen atoms in total. The van der Waals surface area contributed by atoms with Gasteiger partial charge in [0.15, 0.2) is 11.6 Å². The van der Waals surface area contributed by atoms with Gasteiger partial charge in [0.1, 0.15) is 0 Å². The van der Waals surface area contributed by atoms with E-state index in [1.807, 2.05) is 13.8 Å². The van der Waals surface area contributed by atoms with E-state index in [1.54, 1.807) is 4.90 Å². The molecule has 1 aromatic rings. The molecule has 1 rings (SSSR count). The van der Waals surface area contributed by atoms with Crippen molar-refractivity contribution in [2.75, 3.05) is 23.8 Å². The van der Waals surface area contributed by atoms with Gasteiger partial charge in [-0.15, -0.1) is 0 Å². The van der Waals surface area contributed by atoms with Gasteiger partial charge in [0.05, 0.1) is 18.0 Å². The van der Waals surface area contributed by atoms with Crippen molar-refractivity contribution in [3.63, 3.8) is 0 Å². The lowest BCUT2D eigenvalue weighted by Gasteiger charge is -2.33. The molecule has 0 fully saturated rings. The summed E-state index contributed by atoms with van der Waals surface area (Å²) in [6.45, 7) is 4.03. The first kappa shape index (κ1) is 14.7. The second kappa shape index (κ2) is 6.54. The Balaban J connectivity index is 3.24. The first-order chi connectivity index (χ1) is 8.56. The van der Waals surface area contributed by atoms with Gasteiger partial charge in [-0.25, -0.2) is 8.78 Å². The molecular formula is C13H20F2N2O. The number of hydrogen-bond acceptors (Lipinski definition) is 3. The highest BCUT2D eigenvalue weighted by Crippen LogP contribution is 2.31. The Hall–Kier alpha value is -1.36. The van der Waals surface area contributed by atoms with E-state index in [0.717, 1.165) is 18.9 Å². The van der Waals surface area contributed by atoms with Gasteiger partial charge in [-0.1, -0.05) is 13.8 Å². The maximum Gasteiger partial charge on any atom is 0.184 e. The van der Waals surface area contributed by atoms with Crippen LogP contribution >= 0.6 is 0 Å². The first-order valence-electron chi connectivity index (χ1n) is 6.17. The summed E-state index contributed by atoms with van der Waals surface area (Å²) in [5.41, 5.74) is 5.98. The molecule has 3 N–H and O–H groups in total. The van der Waals surface area contributed by atoms with Crippen molar-refractivity contribution in [3.05, 3.63) is 23.8 Å². The molecule has 0 radical (unpaired) electrons. The highest BCUT2D eigenvalue weighted by molar-refractivity contribution is 5.69. The molecule has 102 valence electrons. The third-order valence-electron chi connectivity index (χ3n) is 3.11. The molecule has 0 heterocycles. The normalized spacial score (nSPS) is 11.0. The van der Waals surface area contributed by atoms with E-state index in [9.17, 15) is 8.78 Å². The standard InChI is InChI=1S/C13H20F2N2O/c1-3-9(4-2)17(7-8-18)13-11(16)6-5-10(14)12(13)15/h5-6,9,18H,3-4,7-8,16H2,1-2H3. The highest BCUT2D eigenvalue weighted by Gasteiger charge is 2.23. The van der Waals surface area contributed by atoms with Crippen LogP contribution in [0.5, 0.6) is 0 Å². The fourth-order valence-corrected chi connectivity index (χ4v) is 2.16. The number of halogens is 2. The summed E-state index contributed by atoms with van der Waals surface area (Å²) < 4.78 is 27.2. The third-order valence-corrected chi connectivity index (χ3v) is 3.11. The van der Waals surface area contributed by atoms with Gasteiger partial charge in [0.2, 0.25) is 0 Å². The lowest BCUT2D eigenvalue weighted by atomic mass is 10.1. The molecule has 0 saturated carbocycles. The molecule has 0 amide bonds. The highest BCUT2D eigenvalue weighted by atomic mass is 19.2. The summed E-state index contributed by atoms with van der Waals surface area (Å²) in [5.74, 6) is -1.87. The predicted molar refractivity (Wildman–Crippen MR) is 69.6 cm³/mol. The fourth-order valence-electron chi connectivity index (χ4n) is 2.16. The number of nitrogens with two attached hydrogens (primary N) is 1. The number of anilines is 2. The topological polar surface area (TPSA) is 49.5 Å². The summed E-state index contributed by atoms with van der Waals surface area (Å²) in [4.78, 5) is 1.65. The maximum atomic E-state index is 13.9. The average Bonchev–Trinajstić information content (AvgIpc) is 2.36. The van der Waals surface area contributed by atoms with E-state index >= 15 is 0 Å². The fraction of sp³-hybridized carbons (Fsp3) is 0.538. The average molecular weight is 258 g/mol. The molecule has 0 aliphatic rings. The smallest absolute Gasteiger partial charge is 0.184 e. The molecule has 0 aliphatic carbocycles. The minimum Gasteiger partial charge on any atom is -0.397 e. The van der Waals surface area contributed by atoms with Crippen molar-refractivity contribution in [1.29, 1.82) is 0 Å². The Labute approximate surface area is 106 Å². The number of aliphatic hydroxyl groups is 1. The summed E-state index contributed by atoms with van der Waals surface area (Å²) in [5, 5.41) is 9.09. The van der Waals surface area contributed by atoms with E-state index < -0.39 is 11.6 Å². The van der Waals surface area contributed by atoms with E-state index in [1.165, 1.54) is 6.07 Å². The van der Waals surface area contributed by atoms with E-state index in [4.69, 9.17) is 10.8 Å². The van der Waals surface area contributed by atoms with Crippen LogP contribution in [0.2, 0.25) is 0 Å². The van der Waals surface area contributed by atoms with Crippen LogP contribution in [0.25, 0.3) is 0 Å². The quantitative estimate of drug-likeness (QED) is 0.771. The Morgan fingerprint density at radius 1 is 1.28 bits per heavy atom. The molecule has 0 spiro atoms. The Bertz CT molecular complexity index is 395. The number of nitrogen functional groups attached to an aromatic ring is 1. The monoisotopic (exact) mass is 258 g/mol. The van der Waals surface area contributed by atoms with Crippen LogP contribution in [0.3, 0.4) is 0 Å². The maximum absolute atomic E-state index is 13.9. The van der Waals surface area contributed by atoms with E-state index in [0.29, 0.717) is 0 Å². The summed E-state index contributed by atoms with van der Waals surface area (Å²) >= 11 is 0. The van der Waals surface area contributed by atoms with Crippen LogP contribution < -0.4 is 10.6 Å². The minimum absolute atomic E-state index is 0.0238. The van der Waals surface area contributed by atoms with Crippen molar-refractivity contribution >= 4 is 11.4 Å². The van der Waals surface area contributed by atoms with Gasteiger partial charge in [-0.05, 0) is 25.0 Å². The Morgan fingerprint density at radius 2 is 1.89 bits per heavy atom. The predicted octanol–water partition coefficient (Wildman–Crippen LogP) is 2.53. The van der Waals surface area contributed by atoms with Crippen LogP contribution in [0, 0.1) is 11.6 Å². The van der Waals surface area contributed by atoms with Crippen LogP contribution in [-0.4, -0.2) is 24.3 Å². The number of hydrogen-bond donors (Lipinski definition) is 2. The van der Waals surface area contributed by atoms with E-state index in [-0.39, 0.29) is 30.6 Å². The van der Waals surface area contributed by atoms with Crippen molar-refractivity contribution in [3.8, 4) is 0 Å². The first-order valence-corrected chi connectivity index (χ1v) is 6.17. The third kappa shape index (κ3) is 2.90. The molecule has 0 bridgehead atoms. The molecule has 0 aliphatic heterocycles. The second-order valence-electron chi connectivity index (χ2n) is 4.19. The van der Waals surface area contributed by atoms with Gasteiger partial charge in [0, 0.05) is 12.6 Å².